The fraction of sp³-hybridized carbons (Fsp3) is 0.0952. The Labute approximate surface area is 176 Å². The summed E-state index contributed by atoms with van der Waals surface area (Å²) in [5, 5.41) is -0.0408. The Hall–Kier alpha value is -3.03. The zero-order valence-corrected chi connectivity index (χ0v) is 17.2. The van der Waals surface area contributed by atoms with Gasteiger partial charge in [-0.2, -0.15) is 0 Å². The molecule has 0 aliphatic carbocycles. The van der Waals surface area contributed by atoms with Crippen LogP contribution in [0.25, 0.3) is 11.8 Å². The topological polar surface area (TPSA) is 64.3 Å². The van der Waals surface area contributed by atoms with Gasteiger partial charge in [-0.3, -0.25) is 19.1 Å². The van der Waals surface area contributed by atoms with Gasteiger partial charge in [-0.05, 0) is 48.5 Å². The van der Waals surface area contributed by atoms with Crippen molar-refractivity contribution >= 4 is 46.3 Å². The molecule has 0 radical (unpaired) electrons. The van der Waals surface area contributed by atoms with Gasteiger partial charge in [0.05, 0.1) is 16.3 Å². The molecule has 0 spiro atoms. The second kappa shape index (κ2) is 7.42. The number of halogens is 1. The van der Waals surface area contributed by atoms with E-state index in [2.05, 4.69) is 0 Å². The lowest BCUT2D eigenvalue weighted by molar-refractivity contribution is -0.113. The predicted octanol–water partition coefficient (Wildman–Crippen LogP) is 4.38. The number of thioether (sulfide) groups is 1. The van der Waals surface area contributed by atoms with Crippen LogP contribution in [0.4, 0.5) is 10.5 Å². The van der Waals surface area contributed by atoms with Crippen molar-refractivity contribution in [2.24, 2.45) is 7.05 Å². The number of imide groups is 1. The Morgan fingerprint density at radius 1 is 0.966 bits per heavy atom. The van der Waals surface area contributed by atoms with Crippen molar-refractivity contribution in [2.75, 3.05) is 4.90 Å². The summed E-state index contributed by atoms with van der Waals surface area (Å²) in [5.41, 5.74) is 1.41. The number of rotatable bonds is 3. The molecule has 146 valence electrons. The quantitative estimate of drug-likeness (QED) is 0.584. The van der Waals surface area contributed by atoms with Crippen molar-refractivity contribution in [2.45, 2.75) is 6.92 Å². The summed E-state index contributed by atoms with van der Waals surface area (Å²) >= 11 is 6.95. The number of hydrogen-bond donors (Lipinski definition) is 0. The molecule has 8 heteroatoms. The van der Waals surface area contributed by atoms with Crippen molar-refractivity contribution in [3.63, 3.8) is 0 Å². The average molecular weight is 426 g/mol. The number of aromatic nitrogens is 2. The van der Waals surface area contributed by atoms with Gasteiger partial charge < -0.3 is 0 Å². The molecule has 1 aromatic heterocycles. The van der Waals surface area contributed by atoms with Gasteiger partial charge in [0.25, 0.3) is 16.7 Å². The lowest BCUT2D eigenvalue weighted by Crippen LogP contribution is -2.33. The van der Waals surface area contributed by atoms with Gasteiger partial charge in [0.15, 0.2) is 0 Å². The smallest absolute Gasteiger partial charge is 0.283 e. The zero-order chi connectivity index (χ0) is 20.7. The van der Waals surface area contributed by atoms with Crippen LogP contribution < -0.4 is 10.5 Å². The Bertz CT molecular complexity index is 1230. The first-order chi connectivity index (χ1) is 13.9. The van der Waals surface area contributed by atoms with Crippen LogP contribution in [0.5, 0.6) is 0 Å². The molecule has 0 atom stereocenters. The maximum atomic E-state index is 13.2. The number of para-hydroxylation sites is 1. The number of anilines is 1. The van der Waals surface area contributed by atoms with Crippen LogP contribution in [0.2, 0.25) is 5.02 Å². The summed E-state index contributed by atoms with van der Waals surface area (Å²) in [6, 6.07) is 16.1. The SMILES string of the molecule is Cc1c(N2C(=O)S/C(=C/c3ccccc3Cl)C2=O)c(=O)n(-c2ccccc2)n1C. The van der Waals surface area contributed by atoms with Crippen LogP contribution in [0.1, 0.15) is 11.3 Å². The van der Waals surface area contributed by atoms with Gasteiger partial charge in [-0.25, -0.2) is 9.58 Å². The molecule has 2 heterocycles. The van der Waals surface area contributed by atoms with Gasteiger partial charge in [0, 0.05) is 12.1 Å². The first-order valence-electron chi connectivity index (χ1n) is 8.76. The lowest BCUT2D eigenvalue weighted by atomic mass is 10.2. The first kappa shape index (κ1) is 19.3. The number of amides is 2. The van der Waals surface area contributed by atoms with Gasteiger partial charge in [-0.1, -0.05) is 48.0 Å². The Balaban J connectivity index is 1.80. The van der Waals surface area contributed by atoms with Crippen molar-refractivity contribution in [3.05, 3.63) is 86.1 Å². The van der Waals surface area contributed by atoms with E-state index >= 15 is 0 Å². The van der Waals surface area contributed by atoms with E-state index in [0.717, 1.165) is 16.7 Å². The fourth-order valence-electron chi connectivity index (χ4n) is 3.21. The van der Waals surface area contributed by atoms with E-state index in [9.17, 15) is 14.4 Å². The molecular weight excluding hydrogens is 410 g/mol. The molecule has 2 aromatic carbocycles. The number of hydrogen-bond acceptors (Lipinski definition) is 4. The summed E-state index contributed by atoms with van der Waals surface area (Å²) in [7, 11) is 1.71. The van der Waals surface area contributed by atoms with Gasteiger partial charge in [0.1, 0.15) is 5.69 Å². The average Bonchev–Trinajstić information content (AvgIpc) is 3.10. The van der Waals surface area contributed by atoms with E-state index in [4.69, 9.17) is 11.6 Å². The monoisotopic (exact) mass is 425 g/mol. The van der Waals surface area contributed by atoms with Gasteiger partial charge >= 0.3 is 0 Å². The van der Waals surface area contributed by atoms with E-state index in [1.165, 1.54) is 4.68 Å². The van der Waals surface area contributed by atoms with Crippen molar-refractivity contribution in [1.29, 1.82) is 0 Å². The molecule has 2 amide bonds. The molecule has 1 aliphatic heterocycles. The Kier molecular flexibility index (Phi) is 4.94. The van der Waals surface area contributed by atoms with Gasteiger partial charge in [-0.15, -0.1) is 0 Å². The molecule has 0 N–H and O–H groups in total. The van der Waals surface area contributed by atoms with Crippen LogP contribution in [-0.2, 0) is 11.8 Å². The van der Waals surface area contributed by atoms with E-state index in [0.29, 0.717) is 22.0 Å². The third kappa shape index (κ3) is 3.22. The van der Waals surface area contributed by atoms with E-state index in [1.54, 1.807) is 61.1 Å². The maximum absolute atomic E-state index is 13.2. The number of nitrogens with zero attached hydrogens (tertiary/aromatic N) is 3. The summed E-state index contributed by atoms with van der Waals surface area (Å²) in [5.74, 6) is -0.536. The minimum Gasteiger partial charge on any atom is -0.283 e. The lowest BCUT2D eigenvalue weighted by Gasteiger charge is -2.10. The minimum absolute atomic E-state index is 0.0569. The largest absolute Gasteiger partial charge is 0.298 e. The third-order valence-electron chi connectivity index (χ3n) is 4.73. The molecule has 1 fully saturated rings. The highest BCUT2D eigenvalue weighted by Crippen LogP contribution is 2.36. The molecule has 4 rings (SSSR count). The molecular formula is C21H16ClN3O3S. The summed E-state index contributed by atoms with van der Waals surface area (Å²) in [4.78, 5) is 40.0. The van der Waals surface area contributed by atoms with E-state index in [-0.39, 0.29) is 10.6 Å². The molecule has 0 unspecified atom stereocenters. The second-order valence-electron chi connectivity index (χ2n) is 6.45. The van der Waals surface area contributed by atoms with Crippen molar-refractivity contribution in [3.8, 4) is 5.69 Å². The van der Waals surface area contributed by atoms with E-state index < -0.39 is 16.7 Å². The van der Waals surface area contributed by atoms with Crippen LogP contribution >= 0.6 is 23.4 Å². The third-order valence-corrected chi connectivity index (χ3v) is 5.95. The Morgan fingerprint density at radius 3 is 2.31 bits per heavy atom. The molecule has 3 aromatic rings. The molecule has 1 aliphatic rings. The number of carbonyl (C=O) groups excluding carboxylic acids is 2. The predicted molar refractivity (Wildman–Crippen MR) is 116 cm³/mol. The van der Waals surface area contributed by atoms with Crippen LogP contribution in [0.15, 0.2) is 64.3 Å². The maximum Gasteiger partial charge on any atom is 0.298 e. The van der Waals surface area contributed by atoms with Crippen molar-refractivity contribution in [1.82, 2.24) is 9.36 Å². The highest BCUT2D eigenvalue weighted by atomic mass is 35.5. The minimum atomic E-state index is -0.536. The molecule has 29 heavy (non-hydrogen) atoms. The normalized spacial score (nSPS) is 15.6. The highest BCUT2D eigenvalue weighted by Gasteiger charge is 2.40. The number of carbonyl (C=O) groups is 2. The second-order valence-corrected chi connectivity index (χ2v) is 7.85. The zero-order valence-electron chi connectivity index (χ0n) is 15.6. The van der Waals surface area contributed by atoms with Crippen molar-refractivity contribution < 1.29 is 9.59 Å². The molecule has 1 saturated heterocycles. The molecule has 0 bridgehead atoms. The first-order valence-corrected chi connectivity index (χ1v) is 9.96. The molecule has 6 nitrogen and oxygen atoms in total. The summed E-state index contributed by atoms with van der Waals surface area (Å²) in [6.07, 6.45) is 1.57. The van der Waals surface area contributed by atoms with E-state index in [1.807, 2.05) is 18.2 Å². The fourth-order valence-corrected chi connectivity index (χ4v) is 4.21. The number of benzene rings is 2. The summed E-state index contributed by atoms with van der Waals surface area (Å²) < 4.78 is 3.07. The van der Waals surface area contributed by atoms with Gasteiger partial charge in [0.2, 0.25) is 0 Å². The van der Waals surface area contributed by atoms with Crippen LogP contribution in [0, 0.1) is 6.92 Å². The van der Waals surface area contributed by atoms with Crippen LogP contribution in [-0.4, -0.2) is 20.5 Å². The Morgan fingerprint density at radius 2 is 1.62 bits per heavy atom. The molecule has 0 saturated carbocycles. The van der Waals surface area contributed by atoms with Crippen LogP contribution in [0.3, 0.4) is 0 Å². The summed E-state index contributed by atoms with van der Waals surface area (Å²) in [6.45, 7) is 1.71. The highest BCUT2D eigenvalue weighted by molar-refractivity contribution is 8.19. The standard InChI is InChI=1S/C21H16ClN3O3S/c1-13-18(20(27)25(23(13)2)15-9-4-3-5-10-15)24-19(26)17(29-21(24)28)12-14-8-6-7-11-16(14)22/h3-12H,1-2H3/b17-12+.